The molecule has 4 nitrogen and oxygen atoms in total. The zero-order chi connectivity index (χ0) is 15.2. The van der Waals surface area contributed by atoms with E-state index < -0.39 is 0 Å². The normalized spacial score (nSPS) is 23.0. The largest absolute Gasteiger partial charge is 0.352 e. The van der Waals surface area contributed by atoms with Crippen molar-refractivity contribution < 1.29 is 4.79 Å². The highest BCUT2D eigenvalue weighted by molar-refractivity contribution is 5.85. The Hall–Kier alpha value is -1.10. The van der Waals surface area contributed by atoms with Crippen molar-refractivity contribution in [2.24, 2.45) is 5.92 Å². The van der Waals surface area contributed by atoms with Gasteiger partial charge in [0, 0.05) is 25.0 Å². The van der Waals surface area contributed by atoms with Crippen molar-refractivity contribution >= 4 is 18.3 Å². The average molecular weight is 338 g/mol. The van der Waals surface area contributed by atoms with Crippen LogP contribution in [0.3, 0.4) is 0 Å². The number of hydrogen-bond donors (Lipinski definition) is 2. The first-order chi connectivity index (χ1) is 10.8. The molecule has 1 unspecified atom stereocenters. The van der Waals surface area contributed by atoms with E-state index in [1.807, 2.05) is 0 Å². The minimum atomic E-state index is 0. The Balaban J connectivity index is 0.00000192. The number of hydrogen-bond acceptors (Lipinski definition) is 3. The highest BCUT2D eigenvalue weighted by Gasteiger charge is 2.26. The zero-order valence-electron chi connectivity index (χ0n) is 13.7. The van der Waals surface area contributed by atoms with E-state index in [1.165, 1.54) is 12.0 Å². The molecular weight excluding hydrogens is 310 g/mol. The van der Waals surface area contributed by atoms with E-state index in [0.29, 0.717) is 6.04 Å². The second-order valence-electron chi connectivity index (χ2n) is 6.59. The van der Waals surface area contributed by atoms with Crippen molar-refractivity contribution in [2.45, 2.75) is 38.3 Å². The van der Waals surface area contributed by atoms with Crippen LogP contribution in [0, 0.1) is 5.92 Å². The molecule has 5 heteroatoms. The Morgan fingerprint density at radius 3 is 2.65 bits per heavy atom. The van der Waals surface area contributed by atoms with E-state index in [1.54, 1.807) is 0 Å². The molecular formula is C18H28ClN3O. The number of carbonyl (C=O) groups excluding carboxylic acids is 1. The molecule has 2 aliphatic heterocycles. The molecule has 0 spiro atoms. The van der Waals surface area contributed by atoms with Gasteiger partial charge < -0.3 is 10.6 Å². The summed E-state index contributed by atoms with van der Waals surface area (Å²) in [7, 11) is 0. The van der Waals surface area contributed by atoms with E-state index >= 15 is 0 Å². The highest BCUT2D eigenvalue weighted by Crippen LogP contribution is 2.16. The lowest BCUT2D eigenvalue weighted by molar-refractivity contribution is -0.126. The van der Waals surface area contributed by atoms with Crippen LogP contribution in [0.15, 0.2) is 30.3 Å². The summed E-state index contributed by atoms with van der Waals surface area (Å²) in [6, 6.07) is 10.9. The van der Waals surface area contributed by atoms with Crippen molar-refractivity contribution in [1.29, 1.82) is 0 Å². The van der Waals surface area contributed by atoms with Gasteiger partial charge in [-0.25, -0.2) is 0 Å². The monoisotopic (exact) mass is 337 g/mol. The lowest BCUT2D eigenvalue weighted by atomic mass is 9.96. The molecule has 0 aliphatic carbocycles. The fraction of sp³-hybridized carbons (Fsp3) is 0.611. The van der Waals surface area contributed by atoms with E-state index in [2.05, 4.69) is 45.9 Å². The molecule has 3 rings (SSSR count). The van der Waals surface area contributed by atoms with Crippen molar-refractivity contribution in [3.05, 3.63) is 35.9 Å². The Bertz CT molecular complexity index is 476. The number of nitrogens with zero attached hydrogens (tertiary/aromatic N) is 1. The Kier molecular flexibility index (Phi) is 7.34. The number of halogens is 1. The quantitative estimate of drug-likeness (QED) is 0.885. The van der Waals surface area contributed by atoms with Crippen LogP contribution < -0.4 is 10.6 Å². The highest BCUT2D eigenvalue weighted by atomic mass is 35.5. The number of benzene rings is 1. The summed E-state index contributed by atoms with van der Waals surface area (Å²) < 4.78 is 0. The van der Waals surface area contributed by atoms with Crippen LogP contribution in [0.4, 0.5) is 0 Å². The number of amides is 1. The summed E-state index contributed by atoms with van der Waals surface area (Å²) in [6.07, 6.45) is 4.24. The fourth-order valence-corrected chi connectivity index (χ4v) is 3.56. The molecule has 23 heavy (non-hydrogen) atoms. The molecule has 0 aromatic heterocycles. The third-order valence-corrected chi connectivity index (χ3v) is 4.81. The van der Waals surface area contributed by atoms with Gasteiger partial charge in [0.2, 0.25) is 5.91 Å². The first-order valence-corrected chi connectivity index (χ1v) is 8.58. The number of piperidine rings is 2. The molecule has 1 aromatic carbocycles. The van der Waals surface area contributed by atoms with Crippen LogP contribution >= 0.6 is 12.4 Å². The molecule has 2 aliphatic rings. The van der Waals surface area contributed by atoms with Gasteiger partial charge in [-0.15, -0.1) is 12.4 Å². The molecule has 1 amide bonds. The third kappa shape index (κ3) is 5.48. The van der Waals surface area contributed by atoms with Crippen LogP contribution in [0.2, 0.25) is 0 Å². The Morgan fingerprint density at radius 2 is 1.91 bits per heavy atom. The van der Waals surface area contributed by atoms with Gasteiger partial charge in [-0.05, 0) is 50.9 Å². The van der Waals surface area contributed by atoms with Gasteiger partial charge in [0.05, 0.1) is 0 Å². The zero-order valence-corrected chi connectivity index (χ0v) is 14.5. The maximum atomic E-state index is 12.4. The smallest absolute Gasteiger partial charge is 0.223 e. The summed E-state index contributed by atoms with van der Waals surface area (Å²) in [5.74, 6) is 0.485. The van der Waals surface area contributed by atoms with Gasteiger partial charge in [-0.3, -0.25) is 9.69 Å². The van der Waals surface area contributed by atoms with Gasteiger partial charge in [0.1, 0.15) is 0 Å². The van der Waals surface area contributed by atoms with E-state index in [4.69, 9.17) is 0 Å². The van der Waals surface area contributed by atoms with Crippen molar-refractivity contribution in [3.63, 3.8) is 0 Å². The Morgan fingerprint density at radius 1 is 1.17 bits per heavy atom. The molecule has 0 saturated carbocycles. The summed E-state index contributed by atoms with van der Waals surface area (Å²) in [5.41, 5.74) is 1.35. The van der Waals surface area contributed by atoms with Crippen molar-refractivity contribution in [1.82, 2.24) is 15.5 Å². The predicted octanol–water partition coefficient (Wildman–Crippen LogP) is 2.19. The van der Waals surface area contributed by atoms with E-state index in [-0.39, 0.29) is 24.2 Å². The van der Waals surface area contributed by atoms with Gasteiger partial charge in [0.25, 0.3) is 0 Å². The van der Waals surface area contributed by atoms with Crippen LogP contribution in [0.1, 0.15) is 31.2 Å². The lowest BCUT2D eigenvalue weighted by Crippen LogP contribution is -2.49. The molecule has 1 aromatic rings. The minimum absolute atomic E-state index is 0. The topological polar surface area (TPSA) is 44.4 Å². The van der Waals surface area contributed by atoms with Crippen molar-refractivity contribution in [2.75, 3.05) is 26.2 Å². The minimum Gasteiger partial charge on any atom is -0.352 e. The summed E-state index contributed by atoms with van der Waals surface area (Å²) in [6.45, 7) is 5.05. The third-order valence-electron chi connectivity index (χ3n) is 4.81. The van der Waals surface area contributed by atoms with Crippen molar-refractivity contribution in [3.8, 4) is 0 Å². The number of rotatable bonds is 4. The summed E-state index contributed by atoms with van der Waals surface area (Å²) >= 11 is 0. The van der Waals surface area contributed by atoms with Gasteiger partial charge >= 0.3 is 0 Å². The first-order valence-electron chi connectivity index (χ1n) is 8.58. The SMILES string of the molecule is Cl.O=C(NC1CCCN(Cc2ccccc2)C1)C1CCNCC1. The van der Waals surface area contributed by atoms with Crippen LogP contribution in [-0.2, 0) is 11.3 Å². The van der Waals surface area contributed by atoms with Crippen LogP contribution in [-0.4, -0.2) is 43.0 Å². The molecule has 1 atom stereocenters. The molecule has 128 valence electrons. The lowest BCUT2D eigenvalue weighted by Gasteiger charge is -2.34. The van der Waals surface area contributed by atoms with Crippen LogP contribution in [0.25, 0.3) is 0 Å². The number of nitrogens with one attached hydrogen (secondary N) is 2. The van der Waals surface area contributed by atoms with Gasteiger partial charge in [-0.1, -0.05) is 30.3 Å². The molecule has 2 saturated heterocycles. The molecule has 0 radical (unpaired) electrons. The molecule has 2 heterocycles. The maximum Gasteiger partial charge on any atom is 0.223 e. The second-order valence-corrected chi connectivity index (χ2v) is 6.59. The fourth-order valence-electron chi connectivity index (χ4n) is 3.56. The Labute approximate surface area is 145 Å². The number of likely N-dealkylation sites (tertiary alicyclic amines) is 1. The standard InChI is InChI=1S/C18H27N3O.ClH/c22-18(16-8-10-19-11-9-16)20-17-7-4-12-21(14-17)13-15-5-2-1-3-6-15;/h1-3,5-6,16-17,19H,4,7-14H2,(H,20,22);1H. The molecule has 2 fully saturated rings. The van der Waals surface area contributed by atoms with E-state index in [0.717, 1.165) is 52.0 Å². The number of carbonyl (C=O) groups is 1. The average Bonchev–Trinajstić information content (AvgIpc) is 2.57. The second kappa shape index (κ2) is 9.26. The van der Waals surface area contributed by atoms with Crippen LogP contribution in [0.5, 0.6) is 0 Å². The van der Waals surface area contributed by atoms with E-state index in [9.17, 15) is 4.79 Å². The summed E-state index contributed by atoms with van der Waals surface area (Å²) in [4.78, 5) is 14.8. The van der Waals surface area contributed by atoms with Gasteiger partial charge in [0.15, 0.2) is 0 Å². The molecule has 2 N–H and O–H groups in total. The maximum absolute atomic E-state index is 12.4. The predicted molar refractivity (Wildman–Crippen MR) is 95.7 cm³/mol. The first kappa shape index (κ1) is 18.2. The van der Waals surface area contributed by atoms with Gasteiger partial charge in [-0.2, -0.15) is 0 Å². The summed E-state index contributed by atoms with van der Waals surface area (Å²) in [5, 5.41) is 6.62. The molecule has 0 bridgehead atoms.